The molecular weight excluding hydrogens is 282 g/mol. The summed E-state index contributed by atoms with van der Waals surface area (Å²) in [6, 6.07) is 6.25. The molecule has 0 spiro atoms. The maximum Gasteiger partial charge on any atom is 0.0642 e. The van der Waals surface area contributed by atoms with Gasteiger partial charge in [-0.25, -0.2) is 0 Å². The fourth-order valence-electron chi connectivity index (χ4n) is 2.69. The van der Waals surface area contributed by atoms with Crippen molar-refractivity contribution in [2.24, 2.45) is 0 Å². The van der Waals surface area contributed by atoms with Crippen molar-refractivity contribution >= 4 is 17.3 Å². The van der Waals surface area contributed by atoms with Crippen molar-refractivity contribution in [1.29, 1.82) is 0 Å². The molecule has 3 nitrogen and oxygen atoms in total. The van der Waals surface area contributed by atoms with E-state index >= 15 is 0 Å². The number of rotatable bonds is 3. The van der Waals surface area contributed by atoms with E-state index in [1.165, 1.54) is 17.7 Å². The smallest absolute Gasteiger partial charge is 0.0642 e. The Balaban J connectivity index is 2.20. The molecule has 4 heteroatoms. The third kappa shape index (κ3) is 4.87. The first-order chi connectivity index (χ1) is 9.87. The zero-order valence-electron chi connectivity index (χ0n) is 13.7. The lowest BCUT2D eigenvalue weighted by atomic mass is 10.1. The molecule has 1 N–H and O–H groups in total. The van der Waals surface area contributed by atoms with Gasteiger partial charge in [0.2, 0.25) is 0 Å². The molecule has 1 aromatic rings. The van der Waals surface area contributed by atoms with E-state index in [1.54, 1.807) is 0 Å². The van der Waals surface area contributed by atoms with Gasteiger partial charge in [-0.15, -0.1) is 0 Å². The van der Waals surface area contributed by atoms with Crippen LogP contribution in [0, 0.1) is 0 Å². The number of para-hydroxylation sites is 1. The highest BCUT2D eigenvalue weighted by atomic mass is 35.5. The summed E-state index contributed by atoms with van der Waals surface area (Å²) in [5.41, 5.74) is 2.62. The highest BCUT2D eigenvalue weighted by Crippen LogP contribution is 2.31. The van der Waals surface area contributed by atoms with Gasteiger partial charge in [0, 0.05) is 31.7 Å². The van der Waals surface area contributed by atoms with E-state index < -0.39 is 0 Å². The zero-order chi connectivity index (χ0) is 15.5. The first-order valence-corrected chi connectivity index (χ1v) is 8.20. The second kappa shape index (κ2) is 6.99. The van der Waals surface area contributed by atoms with Crippen molar-refractivity contribution in [3.63, 3.8) is 0 Å². The predicted octanol–water partition coefficient (Wildman–Crippen LogP) is 3.37. The molecule has 118 valence electrons. The van der Waals surface area contributed by atoms with Gasteiger partial charge in [0.15, 0.2) is 0 Å². The summed E-state index contributed by atoms with van der Waals surface area (Å²) in [7, 11) is 2.19. The second-order valence-corrected chi connectivity index (χ2v) is 7.40. The van der Waals surface area contributed by atoms with Gasteiger partial charge in [-0.3, -0.25) is 0 Å². The Hall–Kier alpha value is -0.770. The second-order valence-electron chi connectivity index (χ2n) is 6.99. The summed E-state index contributed by atoms with van der Waals surface area (Å²) in [5, 5.41) is 4.44. The van der Waals surface area contributed by atoms with Crippen molar-refractivity contribution in [3.05, 3.63) is 28.8 Å². The van der Waals surface area contributed by atoms with Gasteiger partial charge in [0.1, 0.15) is 0 Å². The molecule has 0 radical (unpaired) electrons. The third-order valence-electron chi connectivity index (χ3n) is 3.92. The highest BCUT2D eigenvalue weighted by Gasteiger charge is 2.19. The van der Waals surface area contributed by atoms with Crippen LogP contribution in [0.3, 0.4) is 0 Å². The van der Waals surface area contributed by atoms with Crippen LogP contribution in [0.4, 0.5) is 5.69 Å². The Morgan fingerprint density at radius 3 is 2.62 bits per heavy atom. The number of anilines is 1. The molecule has 21 heavy (non-hydrogen) atoms. The van der Waals surface area contributed by atoms with Crippen molar-refractivity contribution < 1.29 is 0 Å². The number of likely N-dealkylation sites (N-methyl/N-ethyl adjacent to an activating group) is 1. The van der Waals surface area contributed by atoms with Gasteiger partial charge < -0.3 is 15.1 Å². The fraction of sp³-hybridized carbons (Fsp3) is 0.647. The standard InChI is InChI=1S/C17H28ClN3/c1-17(2,3)19-13-14-7-5-8-15(18)16(14)21-10-6-9-20(4)11-12-21/h5,7-8,19H,6,9-13H2,1-4H3. The summed E-state index contributed by atoms with van der Waals surface area (Å²) < 4.78 is 0. The molecule has 0 amide bonds. The van der Waals surface area contributed by atoms with Crippen molar-refractivity contribution in [2.45, 2.75) is 39.3 Å². The number of halogens is 1. The average Bonchev–Trinajstić information content (AvgIpc) is 2.60. The number of benzene rings is 1. The van der Waals surface area contributed by atoms with Crippen LogP contribution in [0.5, 0.6) is 0 Å². The van der Waals surface area contributed by atoms with Crippen LogP contribution in [-0.4, -0.2) is 43.7 Å². The van der Waals surface area contributed by atoms with E-state index in [2.05, 4.69) is 55.1 Å². The lowest BCUT2D eigenvalue weighted by Gasteiger charge is -2.28. The SMILES string of the molecule is CN1CCCN(c2c(Cl)cccc2CNC(C)(C)C)CC1. The Labute approximate surface area is 134 Å². The molecule has 2 rings (SSSR count). The first kappa shape index (κ1) is 16.6. The van der Waals surface area contributed by atoms with E-state index in [4.69, 9.17) is 11.6 Å². The van der Waals surface area contributed by atoms with E-state index in [9.17, 15) is 0 Å². The molecule has 1 aliphatic heterocycles. The fourth-order valence-corrected chi connectivity index (χ4v) is 3.00. The largest absolute Gasteiger partial charge is 0.369 e. The van der Waals surface area contributed by atoms with Crippen LogP contribution in [0.25, 0.3) is 0 Å². The highest BCUT2D eigenvalue weighted by molar-refractivity contribution is 6.33. The molecule has 0 bridgehead atoms. The Bertz CT molecular complexity index is 468. The molecule has 0 aromatic heterocycles. The Kier molecular flexibility index (Phi) is 5.53. The predicted molar refractivity (Wildman–Crippen MR) is 92.4 cm³/mol. The summed E-state index contributed by atoms with van der Waals surface area (Å²) in [6.07, 6.45) is 1.19. The Morgan fingerprint density at radius 2 is 1.90 bits per heavy atom. The maximum absolute atomic E-state index is 6.52. The molecule has 1 saturated heterocycles. The average molecular weight is 310 g/mol. The lowest BCUT2D eigenvalue weighted by molar-refractivity contribution is 0.360. The normalized spacial score (nSPS) is 17.9. The van der Waals surface area contributed by atoms with Crippen LogP contribution in [0.2, 0.25) is 5.02 Å². The molecule has 1 aromatic carbocycles. The molecular formula is C17H28ClN3. The quantitative estimate of drug-likeness (QED) is 0.923. The minimum Gasteiger partial charge on any atom is -0.369 e. The zero-order valence-corrected chi connectivity index (χ0v) is 14.5. The molecule has 1 heterocycles. The van der Waals surface area contributed by atoms with Crippen molar-refractivity contribution in [1.82, 2.24) is 10.2 Å². The topological polar surface area (TPSA) is 18.5 Å². The Morgan fingerprint density at radius 1 is 1.14 bits per heavy atom. The van der Waals surface area contributed by atoms with Gasteiger partial charge in [-0.1, -0.05) is 23.7 Å². The molecule has 0 unspecified atom stereocenters. The van der Waals surface area contributed by atoms with E-state index in [1.807, 2.05) is 6.07 Å². The lowest BCUT2D eigenvalue weighted by Crippen LogP contribution is -2.36. The number of nitrogens with zero attached hydrogens (tertiary/aromatic N) is 2. The van der Waals surface area contributed by atoms with Crippen LogP contribution in [-0.2, 0) is 6.54 Å². The number of hydrogen-bond donors (Lipinski definition) is 1. The molecule has 1 aliphatic rings. The van der Waals surface area contributed by atoms with Gasteiger partial charge in [0.05, 0.1) is 10.7 Å². The molecule has 0 aliphatic carbocycles. The maximum atomic E-state index is 6.52. The molecule has 1 fully saturated rings. The monoisotopic (exact) mass is 309 g/mol. The summed E-state index contributed by atoms with van der Waals surface area (Å²) in [6.45, 7) is 11.8. The van der Waals surface area contributed by atoms with E-state index in [0.717, 1.165) is 37.7 Å². The third-order valence-corrected chi connectivity index (χ3v) is 4.22. The van der Waals surface area contributed by atoms with Crippen LogP contribution in [0.15, 0.2) is 18.2 Å². The minimum absolute atomic E-state index is 0.110. The van der Waals surface area contributed by atoms with Gasteiger partial charge in [-0.2, -0.15) is 0 Å². The first-order valence-electron chi connectivity index (χ1n) is 7.83. The van der Waals surface area contributed by atoms with Crippen LogP contribution >= 0.6 is 11.6 Å². The van der Waals surface area contributed by atoms with Crippen molar-refractivity contribution in [3.8, 4) is 0 Å². The summed E-state index contributed by atoms with van der Waals surface area (Å²) >= 11 is 6.52. The van der Waals surface area contributed by atoms with Gasteiger partial charge in [-0.05, 0) is 52.4 Å². The van der Waals surface area contributed by atoms with Gasteiger partial charge in [0.25, 0.3) is 0 Å². The van der Waals surface area contributed by atoms with Crippen LogP contribution < -0.4 is 10.2 Å². The molecule has 0 saturated carbocycles. The van der Waals surface area contributed by atoms with Crippen molar-refractivity contribution in [2.75, 3.05) is 38.1 Å². The summed E-state index contributed by atoms with van der Waals surface area (Å²) in [4.78, 5) is 4.84. The van der Waals surface area contributed by atoms with Crippen LogP contribution in [0.1, 0.15) is 32.8 Å². The van der Waals surface area contributed by atoms with E-state index in [0.29, 0.717) is 0 Å². The minimum atomic E-state index is 0.110. The van der Waals surface area contributed by atoms with E-state index in [-0.39, 0.29) is 5.54 Å². The summed E-state index contributed by atoms with van der Waals surface area (Å²) in [5.74, 6) is 0. The number of nitrogens with one attached hydrogen (secondary N) is 1. The van der Waals surface area contributed by atoms with Gasteiger partial charge >= 0.3 is 0 Å². The molecule has 0 atom stereocenters. The number of hydrogen-bond acceptors (Lipinski definition) is 3.